The van der Waals surface area contributed by atoms with Crippen molar-refractivity contribution >= 4 is 11.3 Å². The third-order valence-electron chi connectivity index (χ3n) is 2.61. The Bertz CT molecular complexity index is 419. The molecule has 0 saturated heterocycles. The highest BCUT2D eigenvalue weighted by atomic mass is 32.1. The molecule has 0 radical (unpaired) electrons. The molecule has 2 heterocycles. The van der Waals surface area contributed by atoms with E-state index in [0.29, 0.717) is 6.04 Å². The molecule has 0 fully saturated rings. The SMILES string of the molecule is CCC(NCc1ccc(C)s1)c1ccco1. The number of thiophene rings is 1. The van der Waals surface area contributed by atoms with Crippen LogP contribution in [0.15, 0.2) is 34.9 Å². The zero-order chi connectivity index (χ0) is 11.4. The van der Waals surface area contributed by atoms with Gasteiger partial charge in [0, 0.05) is 16.3 Å². The third kappa shape index (κ3) is 2.74. The van der Waals surface area contributed by atoms with Gasteiger partial charge in [0.2, 0.25) is 0 Å². The summed E-state index contributed by atoms with van der Waals surface area (Å²) in [6, 6.07) is 8.63. The molecule has 3 heteroatoms. The number of hydrogen-bond acceptors (Lipinski definition) is 3. The summed E-state index contributed by atoms with van der Waals surface area (Å²) in [7, 11) is 0. The van der Waals surface area contributed by atoms with Gasteiger partial charge < -0.3 is 9.73 Å². The van der Waals surface area contributed by atoms with Gasteiger partial charge in [-0.05, 0) is 37.6 Å². The molecule has 1 atom stereocenters. The summed E-state index contributed by atoms with van der Waals surface area (Å²) in [5.74, 6) is 1.02. The standard InChI is InChI=1S/C13H17NOS/c1-3-12(13-5-4-8-15-13)14-9-11-7-6-10(2)16-11/h4-8,12,14H,3,9H2,1-2H3. The molecule has 2 aromatic heterocycles. The molecule has 86 valence electrons. The van der Waals surface area contributed by atoms with E-state index in [0.717, 1.165) is 18.7 Å². The van der Waals surface area contributed by atoms with E-state index < -0.39 is 0 Å². The van der Waals surface area contributed by atoms with Crippen LogP contribution in [0.2, 0.25) is 0 Å². The largest absolute Gasteiger partial charge is 0.468 e. The van der Waals surface area contributed by atoms with Gasteiger partial charge >= 0.3 is 0 Å². The van der Waals surface area contributed by atoms with Crippen molar-refractivity contribution in [3.63, 3.8) is 0 Å². The summed E-state index contributed by atoms with van der Waals surface area (Å²) < 4.78 is 5.42. The molecule has 1 unspecified atom stereocenters. The van der Waals surface area contributed by atoms with Crippen LogP contribution in [0, 0.1) is 6.92 Å². The van der Waals surface area contributed by atoms with Crippen molar-refractivity contribution in [2.24, 2.45) is 0 Å². The van der Waals surface area contributed by atoms with Gasteiger partial charge in [0.15, 0.2) is 0 Å². The van der Waals surface area contributed by atoms with Gasteiger partial charge in [-0.25, -0.2) is 0 Å². The van der Waals surface area contributed by atoms with Crippen LogP contribution in [0.4, 0.5) is 0 Å². The summed E-state index contributed by atoms with van der Waals surface area (Å²) in [4.78, 5) is 2.74. The molecule has 0 aliphatic heterocycles. The lowest BCUT2D eigenvalue weighted by Crippen LogP contribution is -2.19. The fourth-order valence-corrected chi connectivity index (χ4v) is 2.58. The van der Waals surface area contributed by atoms with E-state index in [4.69, 9.17) is 4.42 Å². The van der Waals surface area contributed by atoms with Crippen LogP contribution in [0.3, 0.4) is 0 Å². The Labute approximate surface area is 100 Å². The molecule has 0 aliphatic carbocycles. The highest BCUT2D eigenvalue weighted by Gasteiger charge is 2.11. The minimum absolute atomic E-state index is 0.317. The Hall–Kier alpha value is -1.06. The van der Waals surface area contributed by atoms with Crippen molar-refractivity contribution in [1.82, 2.24) is 5.32 Å². The molecule has 2 aromatic rings. The normalized spacial score (nSPS) is 12.9. The predicted octanol–water partition coefficient (Wildman–Crippen LogP) is 3.89. The first-order chi connectivity index (χ1) is 7.79. The van der Waals surface area contributed by atoms with Gasteiger partial charge in [0.1, 0.15) is 5.76 Å². The van der Waals surface area contributed by atoms with Gasteiger partial charge in [0.25, 0.3) is 0 Å². The smallest absolute Gasteiger partial charge is 0.120 e. The van der Waals surface area contributed by atoms with Crippen LogP contribution in [-0.4, -0.2) is 0 Å². The van der Waals surface area contributed by atoms with E-state index in [1.807, 2.05) is 23.5 Å². The van der Waals surface area contributed by atoms with E-state index >= 15 is 0 Å². The minimum atomic E-state index is 0.317. The van der Waals surface area contributed by atoms with Crippen molar-refractivity contribution in [3.8, 4) is 0 Å². The summed E-state index contributed by atoms with van der Waals surface area (Å²) in [5, 5.41) is 3.52. The molecular weight excluding hydrogens is 218 g/mol. The maximum atomic E-state index is 5.42. The van der Waals surface area contributed by atoms with Crippen molar-refractivity contribution in [2.45, 2.75) is 32.9 Å². The first kappa shape index (κ1) is 11.4. The highest BCUT2D eigenvalue weighted by Crippen LogP contribution is 2.20. The molecule has 0 aliphatic rings. The maximum Gasteiger partial charge on any atom is 0.120 e. The van der Waals surface area contributed by atoms with Crippen molar-refractivity contribution in [1.29, 1.82) is 0 Å². The van der Waals surface area contributed by atoms with E-state index in [-0.39, 0.29) is 0 Å². The Kier molecular flexibility index (Phi) is 3.80. The number of aryl methyl sites for hydroxylation is 1. The summed E-state index contributed by atoms with van der Waals surface area (Å²) in [5.41, 5.74) is 0. The lowest BCUT2D eigenvalue weighted by Gasteiger charge is -2.13. The fraction of sp³-hybridized carbons (Fsp3) is 0.385. The molecule has 16 heavy (non-hydrogen) atoms. The maximum absolute atomic E-state index is 5.42. The van der Waals surface area contributed by atoms with E-state index in [2.05, 4.69) is 31.3 Å². The summed E-state index contributed by atoms with van der Waals surface area (Å²) >= 11 is 1.84. The van der Waals surface area contributed by atoms with Crippen LogP contribution in [0.1, 0.15) is 34.9 Å². The van der Waals surface area contributed by atoms with Crippen molar-refractivity contribution in [3.05, 3.63) is 46.0 Å². The summed E-state index contributed by atoms with van der Waals surface area (Å²) in [6.07, 6.45) is 2.77. The average Bonchev–Trinajstić information content (AvgIpc) is 2.91. The van der Waals surface area contributed by atoms with Crippen LogP contribution in [-0.2, 0) is 6.54 Å². The monoisotopic (exact) mass is 235 g/mol. The molecule has 2 nitrogen and oxygen atoms in total. The molecule has 2 rings (SSSR count). The van der Waals surface area contributed by atoms with Gasteiger partial charge in [-0.15, -0.1) is 11.3 Å². The van der Waals surface area contributed by atoms with Gasteiger partial charge in [-0.1, -0.05) is 6.92 Å². The molecule has 0 spiro atoms. The lowest BCUT2D eigenvalue weighted by molar-refractivity contribution is 0.404. The number of nitrogens with one attached hydrogen (secondary N) is 1. The number of rotatable bonds is 5. The number of furan rings is 1. The lowest BCUT2D eigenvalue weighted by atomic mass is 10.2. The van der Waals surface area contributed by atoms with Crippen molar-refractivity contribution in [2.75, 3.05) is 0 Å². The Morgan fingerprint density at radius 1 is 1.38 bits per heavy atom. The first-order valence-corrected chi connectivity index (χ1v) is 6.43. The highest BCUT2D eigenvalue weighted by molar-refractivity contribution is 7.11. The van der Waals surface area contributed by atoms with Gasteiger partial charge in [-0.3, -0.25) is 0 Å². The first-order valence-electron chi connectivity index (χ1n) is 5.61. The van der Waals surface area contributed by atoms with Crippen molar-refractivity contribution < 1.29 is 4.42 Å². The van der Waals surface area contributed by atoms with Crippen LogP contribution in [0.5, 0.6) is 0 Å². The number of hydrogen-bond donors (Lipinski definition) is 1. The second kappa shape index (κ2) is 5.32. The van der Waals surface area contributed by atoms with Gasteiger partial charge in [0.05, 0.1) is 12.3 Å². The summed E-state index contributed by atoms with van der Waals surface area (Å²) in [6.45, 7) is 5.22. The van der Waals surface area contributed by atoms with E-state index in [9.17, 15) is 0 Å². The second-order valence-electron chi connectivity index (χ2n) is 3.87. The molecule has 0 amide bonds. The quantitative estimate of drug-likeness (QED) is 0.850. The molecule has 0 bridgehead atoms. The Balaban J connectivity index is 1.93. The average molecular weight is 235 g/mol. The zero-order valence-corrected chi connectivity index (χ0v) is 10.5. The van der Waals surface area contributed by atoms with E-state index in [1.54, 1.807) is 6.26 Å². The predicted molar refractivity (Wildman–Crippen MR) is 67.6 cm³/mol. The topological polar surface area (TPSA) is 25.2 Å². The van der Waals surface area contributed by atoms with Crippen LogP contribution < -0.4 is 5.32 Å². The molecule has 0 aromatic carbocycles. The van der Waals surface area contributed by atoms with Crippen LogP contribution in [0.25, 0.3) is 0 Å². The van der Waals surface area contributed by atoms with Crippen LogP contribution >= 0.6 is 11.3 Å². The Morgan fingerprint density at radius 3 is 2.81 bits per heavy atom. The molecular formula is C13H17NOS. The molecule has 1 N–H and O–H groups in total. The van der Waals surface area contributed by atoms with E-state index in [1.165, 1.54) is 9.75 Å². The fourth-order valence-electron chi connectivity index (χ4n) is 1.74. The Morgan fingerprint density at radius 2 is 2.25 bits per heavy atom. The minimum Gasteiger partial charge on any atom is -0.468 e. The second-order valence-corrected chi connectivity index (χ2v) is 5.24. The van der Waals surface area contributed by atoms with Gasteiger partial charge in [-0.2, -0.15) is 0 Å². The molecule has 0 saturated carbocycles. The third-order valence-corrected chi connectivity index (χ3v) is 3.61. The zero-order valence-electron chi connectivity index (χ0n) is 9.69.